The Hall–Kier alpha value is -2.38. The van der Waals surface area contributed by atoms with Crippen molar-refractivity contribution in [2.75, 3.05) is 6.61 Å². The van der Waals surface area contributed by atoms with Crippen molar-refractivity contribution in [3.63, 3.8) is 0 Å². The Kier molecular flexibility index (Phi) is 7.54. The lowest BCUT2D eigenvalue weighted by Gasteiger charge is -2.66. The average molecular weight is 568 g/mol. The number of carbonyl (C=O) groups excluding carboxylic acids is 4. The molecule has 2 saturated carbocycles. The van der Waals surface area contributed by atoms with Crippen LogP contribution < -0.4 is 5.32 Å². The minimum atomic E-state index is -2.05. The molecule has 0 aromatic rings. The predicted molar refractivity (Wildman–Crippen MR) is 137 cm³/mol. The second-order valence-electron chi connectivity index (χ2n) is 12.7. The van der Waals surface area contributed by atoms with Gasteiger partial charge in [0, 0.05) is 37.0 Å². The number of Topliss-reactive ketones (excluding diaryl/α,β-unsaturated/α-hetero) is 1. The number of carbonyl (C=O) groups is 4. The number of aliphatic hydroxyl groups excluding tert-OH is 2. The molecule has 0 radical (unpaired) electrons. The number of ketones is 1. The lowest BCUT2D eigenvalue weighted by molar-refractivity contribution is -0.331. The molecule has 1 saturated heterocycles. The van der Waals surface area contributed by atoms with Gasteiger partial charge >= 0.3 is 11.9 Å². The highest BCUT2D eigenvalue weighted by Crippen LogP contribution is 2.63. The second-order valence-corrected chi connectivity index (χ2v) is 12.7. The molecule has 1 heterocycles. The van der Waals surface area contributed by atoms with Crippen LogP contribution in [0.25, 0.3) is 0 Å². The number of amides is 1. The summed E-state index contributed by atoms with van der Waals surface area (Å²) in [6.45, 7) is 10.0. The van der Waals surface area contributed by atoms with E-state index in [-0.39, 0.29) is 25.0 Å². The third kappa shape index (κ3) is 4.30. The van der Waals surface area contributed by atoms with E-state index in [1.54, 1.807) is 27.7 Å². The van der Waals surface area contributed by atoms with E-state index >= 15 is 0 Å². The highest BCUT2D eigenvalue weighted by atomic mass is 16.6. The molecule has 40 heavy (non-hydrogen) atoms. The summed E-state index contributed by atoms with van der Waals surface area (Å²) in [5.41, 5.74) is -6.04. The Bertz CT molecular complexity index is 1150. The fraction of sp³-hybridized carbons (Fsp3) is 0.786. The monoisotopic (exact) mass is 567 g/mol. The lowest BCUT2D eigenvalue weighted by Crippen LogP contribution is -2.78. The maximum absolute atomic E-state index is 14.1. The van der Waals surface area contributed by atoms with Gasteiger partial charge < -0.3 is 40.0 Å². The number of ether oxygens (including phenoxy) is 3. The van der Waals surface area contributed by atoms with E-state index in [4.69, 9.17) is 14.2 Å². The van der Waals surface area contributed by atoms with Crippen LogP contribution in [-0.2, 0) is 33.4 Å². The van der Waals surface area contributed by atoms with Crippen LogP contribution in [0.1, 0.15) is 67.7 Å². The molecule has 224 valence electrons. The highest BCUT2D eigenvalue weighted by molar-refractivity contribution is 5.93. The molecule has 10 atom stereocenters. The molecule has 3 fully saturated rings. The zero-order valence-electron chi connectivity index (χ0n) is 24.0. The van der Waals surface area contributed by atoms with E-state index in [1.807, 2.05) is 0 Å². The first-order chi connectivity index (χ1) is 18.3. The third-order valence-corrected chi connectivity index (χ3v) is 9.94. The lowest BCUT2D eigenvalue weighted by atomic mass is 9.45. The quantitative estimate of drug-likeness (QED) is 0.216. The summed E-state index contributed by atoms with van der Waals surface area (Å²) in [6, 6.07) is -0.986. The van der Waals surface area contributed by atoms with E-state index in [1.165, 1.54) is 13.8 Å². The molecule has 1 aliphatic heterocycles. The van der Waals surface area contributed by atoms with Gasteiger partial charge in [0.15, 0.2) is 11.9 Å². The van der Waals surface area contributed by atoms with Gasteiger partial charge in [-0.05, 0) is 37.8 Å². The Morgan fingerprint density at radius 2 is 1.75 bits per heavy atom. The molecule has 5 N–H and O–H groups in total. The van der Waals surface area contributed by atoms with Crippen LogP contribution in [0.5, 0.6) is 0 Å². The summed E-state index contributed by atoms with van der Waals surface area (Å²) >= 11 is 0. The number of rotatable bonds is 5. The summed E-state index contributed by atoms with van der Waals surface area (Å²) in [5, 5.41) is 49.0. The molecule has 0 aromatic carbocycles. The molecule has 0 spiro atoms. The van der Waals surface area contributed by atoms with Crippen LogP contribution in [0.3, 0.4) is 0 Å². The first kappa shape index (κ1) is 30.6. The van der Waals surface area contributed by atoms with Crippen LogP contribution in [0.4, 0.5) is 0 Å². The summed E-state index contributed by atoms with van der Waals surface area (Å²) in [5.74, 6) is -4.07. The summed E-state index contributed by atoms with van der Waals surface area (Å²) < 4.78 is 17.0. The largest absolute Gasteiger partial charge is 0.459 e. The maximum atomic E-state index is 14.1. The number of esters is 2. The van der Waals surface area contributed by atoms with Crippen LogP contribution in [-0.4, -0.2) is 98.4 Å². The Morgan fingerprint density at radius 3 is 2.27 bits per heavy atom. The van der Waals surface area contributed by atoms with E-state index in [9.17, 15) is 39.6 Å². The number of hydrogen-bond donors (Lipinski definition) is 5. The van der Waals surface area contributed by atoms with Crippen LogP contribution in [0, 0.1) is 16.7 Å². The Labute approximate surface area is 233 Å². The van der Waals surface area contributed by atoms with Crippen LogP contribution in [0.2, 0.25) is 0 Å². The zero-order valence-corrected chi connectivity index (χ0v) is 24.0. The molecule has 2 bridgehead atoms. The van der Waals surface area contributed by atoms with Crippen molar-refractivity contribution >= 4 is 23.6 Å². The first-order valence-corrected chi connectivity index (χ1v) is 13.7. The molecule has 1 unspecified atom stereocenters. The highest BCUT2D eigenvalue weighted by Gasteiger charge is 2.74. The van der Waals surface area contributed by atoms with E-state index < -0.39 is 88.1 Å². The Balaban J connectivity index is 1.87. The fourth-order valence-corrected chi connectivity index (χ4v) is 7.63. The van der Waals surface area contributed by atoms with Gasteiger partial charge in [0.25, 0.3) is 0 Å². The van der Waals surface area contributed by atoms with E-state index in [2.05, 4.69) is 5.32 Å². The molecule has 1 amide bonds. The number of hydrogen-bond acceptors (Lipinski definition) is 11. The minimum absolute atomic E-state index is 0.115. The summed E-state index contributed by atoms with van der Waals surface area (Å²) in [4.78, 5) is 51.0. The van der Waals surface area contributed by atoms with Gasteiger partial charge in [-0.15, -0.1) is 0 Å². The molecule has 12 heteroatoms. The first-order valence-electron chi connectivity index (χ1n) is 13.7. The molecule has 12 nitrogen and oxygen atoms in total. The molecular weight excluding hydrogens is 526 g/mol. The van der Waals surface area contributed by atoms with Crippen molar-refractivity contribution in [1.29, 1.82) is 0 Å². The normalized spacial score (nSPS) is 41.7. The number of nitrogens with one attached hydrogen (secondary N) is 1. The molecule has 3 aliphatic carbocycles. The van der Waals surface area contributed by atoms with Crippen molar-refractivity contribution in [3.05, 3.63) is 11.1 Å². The number of fused-ring (bicyclic) bond motifs is 5. The van der Waals surface area contributed by atoms with Crippen molar-refractivity contribution in [3.8, 4) is 0 Å². The van der Waals surface area contributed by atoms with Crippen molar-refractivity contribution in [2.24, 2.45) is 16.7 Å². The van der Waals surface area contributed by atoms with Gasteiger partial charge in [0.05, 0.1) is 18.8 Å². The van der Waals surface area contributed by atoms with Crippen LogP contribution in [0.15, 0.2) is 11.1 Å². The van der Waals surface area contributed by atoms with Gasteiger partial charge in [-0.3, -0.25) is 14.4 Å². The summed E-state index contributed by atoms with van der Waals surface area (Å²) in [6.07, 6.45) is -6.59. The van der Waals surface area contributed by atoms with Crippen molar-refractivity contribution < 1.29 is 53.8 Å². The molecule has 0 aromatic heterocycles. The van der Waals surface area contributed by atoms with Gasteiger partial charge in [0.1, 0.15) is 29.5 Å². The number of aliphatic hydroxyl groups is 4. The topological polar surface area (TPSA) is 189 Å². The van der Waals surface area contributed by atoms with E-state index in [0.29, 0.717) is 12.0 Å². The third-order valence-electron chi connectivity index (χ3n) is 9.94. The van der Waals surface area contributed by atoms with Gasteiger partial charge in [-0.25, -0.2) is 4.79 Å². The predicted octanol–water partition coefficient (Wildman–Crippen LogP) is -0.317. The SMILES string of the molecule is CC(=O)N[C@@H](C)[C@@H](O)C(=O)OC1C[C@@]2(O)[C@@H](OC(C)=O)[C@@H]3[C@]4(O)CO[C@@H]4CC[C@@]3(C)C(=O)[C@H](O)C(=C1C)C2(C)C. The fourth-order valence-electron chi connectivity index (χ4n) is 7.63. The second kappa shape index (κ2) is 9.87. The minimum Gasteiger partial charge on any atom is -0.459 e. The molecule has 4 aliphatic rings. The maximum Gasteiger partial charge on any atom is 0.337 e. The van der Waals surface area contributed by atoms with Gasteiger partial charge in [-0.2, -0.15) is 0 Å². The molecule has 4 rings (SSSR count). The summed E-state index contributed by atoms with van der Waals surface area (Å²) in [7, 11) is 0. The molecular formula is C28H41NO11. The van der Waals surface area contributed by atoms with Crippen molar-refractivity contribution in [2.45, 2.75) is 115 Å². The zero-order chi connectivity index (χ0) is 30.2. The van der Waals surface area contributed by atoms with E-state index in [0.717, 1.165) is 6.92 Å². The smallest absolute Gasteiger partial charge is 0.337 e. The Morgan fingerprint density at radius 1 is 1.12 bits per heavy atom. The van der Waals surface area contributed by atoms with Crippen molar-refractivity contribution in [1.82, 2.24) is 5.32 Å². The van der Waals surface area contributed by atoms with Crippen LogP contribution >= 0.6 is 0 Å². The van der Waals surface area contributed by atoms with Gasteiger partial charge in [-0.1, -0.05) is 20.8 Å². The van der Waals surface area contributed by atoms with Gasteiger partial charge in [0.2, 0.25) is 5.91 Å². The average Bonchev–Trinajstić information content (AvgIpc) is 2.83. The standard InChI is InChI=1S/C28H41NO11/c1-12-16(40-24(35)19(32)13(2)29-14(3)30)10-28(37)23(39-15(4)31)21-26(7,9-8-17-27(21,36)11-38-17)22(34)20(33)18(12)25(28,5)6/h13,16-17,19-21,23,32-33,36-37H,8-11H2,1-7H3,(H,29,30)/t13-,16?,17+,19+,20+,21-,23-,26+,27-,28+/m0/s1.